The van der Waals surface area contributed by atoms with Crippen LogP contribution in [0, 0.1) is 5.92 Å². The molecule has 1 saturated heterocycles. The zero-order chi connectivity index (χ0) is 23.8. The minimum Gasteiger partial charge on any atom is -0.493 e. The van der Waals surface area contributed by atoms with E-state index >= 15 is 0 Å². The molecule has 1 unspecified atom stereocenters. The van der Waals surface area contributed by atoms with Gasteiger partial charge in [0.15, 0.2) is 0 Å². The monoisotopic (exact) mass is 456 g/mol. The summed E-state index contributed by atoms with van der Waals surface area (Å²) < 4.78 is 19.8. The van der Waals surface area contributed by atoms with Gasteiger partial charge in [0.05, 0.1) is 6.61 Å². The summed E-state index contributed by atoms with van der Waals surface area (Å²) in [6.07, 6.45) is 2.61. The number of hydrogen-bond acceptors (Lipinski definition) is 4. The second-order valence-electron chi connectivity index (χ2n) is 9.74. The van der Waals surface area contributed by atoms with Crippen molar-refractivity contribution in [3.05, 3.63) is 54.1 Å². The van der Waals surface area contributed by atoms with Crippen LogP contribution in [-0.2, 0) is 0 Å². The van der Waals surface area contributed by atoms with E-state index in [1.54, 1.807) is 13.8 Å². The molecule has 6 heteroatoms. The standard InChI is InChI=1S/C27H37FN2O3/c1-20(14-17-31)29-26(32)24-6-4-22(5-7-24)23-8-10-25(11-9-23)33-18-21-12-15-30(16-13-21)19-27(2,3)28/h4-11,20-21,31H,12-19H2,1-3H3,(H,29,32). The molecule has 0 aliphatic carbocycles. The zero-order valence-electron chi connectivity index (χ0n) is 20.0. The smallest absolute Gasteiger partial charge is 0.251 e. The van der Waals surface area contributed by atoms with Gasteiger partial charge >= 0.3 is 0 Å². The van der Waals surface area contributed by atoms with Gasteiger partial charge in [0, 0.05) is 24.8 Å². The molecule has 0 radical (unpaired) electrons. The average molecular weight is 457 g/mol. The third-order valence-corrected chi connectivity index (χ3v) is 6.07. The minimum atomic E-state index is -1.14. The third-order valence-electron chi connectivity index (χ3n) is 6.07. The number of carbonyl (C=O) groups is 1. The molecule has 1 heterocycles. The summed E-state index contributed by atoms with van der Waals surface area (Å²) in [7, 11) is 0. The van der Waals surface area contributed by atoms with Crippen molar-refractivity contribution >= 4 is 5.91 Å². The van der Waals surface area contributed by atoms with Crippen LogP contribution in [0.5, 0.6) is 5.75 Å². The highest BCUT2D eigenvalue weighted by atomic mass is 19.1. The number of ether oxygens (including phenoxy) is 1. The Kier molecular flexibility index (Phi) is 8.87. The Hall–Kier alpha value is -2.44. The van der Waals surface area contributed by atoms with Gasteiger partial charge in [0.1, 0.15) is 11.4 Å². The maximum Gasteiger partial charge on any atom is 0.251 e. The van der Waals surface area contributed by atoms with E-state index in [9.17, 15) is 9.18 Å². The first kappa shape index (κ1) is 25.2. The van der Waals surface area contributed by atoms with Crippen LogP contribution in [0.1, 0.15) is 50.4 Å². The number of amides is 1. The van der Waals surface area contributed by atoms with Crippen molar-refractivity contribution in [2.75, 3.05) is 32.8 Å². The predicted octanol–water partition coefficient (Wildman–Crippen LogP) is 4.69. The highest BCUT2D eigenvalue weighted by molar-refractivity contribution is 5.94. The summed E-state index contributed by atoms with van der Waals surface area (Å²) in [5, 5.41) is 11.9. The third kappa shape index (κ3) is 8.13. The van der Waals surface area contributed by atoms with Crippen molar-refractivity contribution in [3.63, 3.8) is 0 Å². The summed E-state index contributed by atoms with van der Waals surface area (Å²) in [5.41, 5.74) is 1.55. The first-order valence-corrected chi connectivity index (χ1v) is 11.9. The van der Waals surface area contributed by atoms with Crippen LogP contribution in [0.3, 0.4) is 0 Å². The first-order valence-electron chi connectivity index (χ1n) is 11.9. The van der Waals surface area contributed by atoms with Crippen LogP contribution < -0.4 is 10.1 Å². The van der Waals surface area contributed by atoms with Crippen LogP contribution in [0.15, 0.2) is 48.5 Å². The van der Waals surface area contributed by atoms with Crippen molar-refractivity contribution in [3.8, 4) is 16.9 Å². The van der Waals surface area contributed by atoms with Gasteiger partial charge in [-0.15, -0.1) is 0 Å². The normalized spacial score (nSPS) is 16.4. The van der Waals surface area contributed by atoms with E-state index in [1.807, 2.05) is 55.5 Å². The minimum absolute atomic E-state index is 0.0539. The highest BCUT2D eigenvalue weighted by Crippen LogP contribution is 2.25. The number of rotatable bonds is 10. The van der Waals surface area contributed by atoms with Crippen molar-refractivity contribution in [2.24, 2.45) is 5.92 Å². The maximum absolute atomic E-state index is 13.8. The molecule has 2 aromatic rings. The lowest BCUT2D eigenvalue weighted by Crippen LogP contribution is -2.41. The fraction of sp³-hybridized carbons (Fsp3) is 0.519. The van der Waals surface area contributed by atoms with E-state index < -0.39 is 5.67 Å². The molecule has 33 heavy (non-hydrogen) atoms. The Balaban J connectivity index is 1.47. The van der Waals surface area contributed by atoms with E-state index in [2.05, 4.69) is 10.2 Å². The molecule has 3 rings (SSSR count). The van der Waals surface area contributed by atoms with Gasteiger partial charge in [-0.05, 0) is 94.4 Å². The Morgan fingerprint density at radius 1 is 1.12 bits per heavy atom. The summed E-state index contributed by atoms with van der Waals surface area (Å²) in [6.45, 7) is 8.24. The molecule has 1 aliphatic heterocycles. The number of carbonyl (C=O) groups excluding carboxylic acids is 1. The number of nitrogens with one attached hydrogen (secondary N) is 1. The second-order valence-corrected chi connectivity index (χ2v) is 9.74. The van der Waals surface area contributed by atoms with Crippen LogP contribution in [0.4, 0.5) is 4.39 Å². The molecular weight excluding hydrogens is 419 g/mol. The molecular formula is C27H37FN2O3. The van der Waals surface area contributed by atoms with Crippen LogP contribution >= 0.6 is 0 Å². The summed E-state index contributed by atoms with van der Waals surface area (Å²) in [5.74, 6) is 1.22. The van der Waals surface area contributed by atoms with Gasteiger partial charge in [0.25, 0.3) is 5.91 Å². The quantitative estimate of drug-likeness (QED) is 0.544. The predicted molar refractivity (Wildman–Crippen MR) is 130 cm³/mol. The molecule has 2 aromatic carbocycles. The van der Waals surface area contributed by atoms with E-state index in [0.717, 1.165) is 42.8 Å². The van der Waals surface area contributed by atoms with Crippen molar-refractivity contribution in [1.82, 2.24) is 10.2 Å². The van der Waals surface area contributed by atoms with Gasteiger partial charge in [-0.25, -0.2) is 4.39 Å². The van der Waals surface area contributed by atoms with Crippen molar-refractivity contribution in [1.29, 1.82) is 0 Å². The lowest BCUT2D eigenvalue weighted by Gasteiger charge is -2.34. The highest BCUT2D eigenvalue weighted by Gasteiger charge is 2.25. The number of halogens is 1. The van der Waals surface area contributed by atoms with Gasteiger partial charge in [0.2, 0.25) is 0 Å². The lowest BCUT2D eigenvalue weighted by atomic mass is 9.97. The van der Waals surface area contributed by atoms with Gasteiger partial charge in [-0.3, -0.25) is 4.79 Å². The summed E-state index contributed by atoms with van der Waals surface area (Å²) >= 11 is 0. The van der Waals surface area contributed by atoms with Gasteiger partial charge in [-0.1, -0.05) is 24.3 Å². The molecule has 1 fully saturated rings. The fourth-order valence-corrected chi connectivity index (χ4v) is 4.19. The van der Waals surface area contributed by atoms with Crippen molar-refractivity contribution < 1.29 is 19.0 Å². The SMILES string of the molecule is CC(CCO)NC(=O)c1ccc(-c2ccc(OCC3CCN(CC(C)(C)F)CC3)cc2)cc1. The molecule has 0 saturated carbocycles. The van der Waals surface area contributed by atoms with Gasteiger partial charge < -0.3 is 20.1 Å². The Bertz CT molecular complexity index is 870. The number of piperidine rings is 1. The second kappa shape index (κ2) is 11.6. The van der Waals surface area contributed by atoms with E-state index in [4.69, 9.17) is 9.84 Å². The Morgan fingerprint density at radius 2 is 1.70 bits per heavy atom. The number of hydrogen-bond donors (Lipinski definition) is 2. The van der Waals surface area contributed by atoms with Crippen LogP contribution in [0.2, 0.25) is 0 Å². The lowest BCUT2D eigenvalue weighted by molar-refractivity contribution is 0.0836. The maximum atomic E-state index is 13.8. The number of benzene rings is 2. The zero-order valence-corrected chi connectivity index (χ0v) is 20.0. The number of alkyl halides is 1. The molecule has 1 atom stereocenters. The molecule has 1 aliphatic rings. The molecule has 0 spiro atoms. The molecule has 0 aromatic heterocycles. The Labute approximate surface area is 197 Å². The molecule has 0 bridgehead atoms. The van der Waals surface area contributed by atoms with Crippen LogP contribution in [-0.4, -0.2) is 60.5 Å². The van der Waals surface area contributed by atoms with E-state index in [-0.39, 0.29) is 18.6 Å². The number of aliphatic hydroxyl groups is 1. The van der Waals surface area contributed by atoms with Crippen molar-refractivity contribution in [2.45, 2.75) is 51.7 Å². The van der Waals surface area contributed by atoms with E-state index in [1.165, 1.54) is 0 Å². The molecule has 180 valence electrons. The number of aliphatic hydroxyl groups excluding tert-OH is 1. The largest absolute Gasteiger partial charge is 0.493 e. The molecule has 1 amide bonds. The van der Waals surface area contributed by atoms with E-state index in [0.29, 0.717) is 31.1 Å². The number of nitrogens with zero attached hydrogens (tertiary/aromatic N) is 1. The van der Waals surface area contributed by atoms with Gasteiger partial charge in [-0.2, -0.15) is 0 Å². The average Bonchev–Trinajstić information content (AvgIpc) is 2.78. The fourth-order valence-electron chi connectivity index (χ4n) is 4.19. The molecule has 5 nitrogen and oxygen atoms in total. The summed E-state index contributed by atoms with van der Waals surface area (Å²) in [6, 6.07) is 15.5. The number of likely N-dealkylation sites (tertiary alicyclic amines) is 1. The molecule has 2 N–H and O–H groups in total. The Morgan fingerprint density at radius 3 is 2.24 bits per heavy atom. The topological polar surface area (TPSA) is 61.8 Å². The van der Waals surface area contributed by atoms with Crippen LogP contribution in [0.25, 0.3) is 11.1 Å². The first-order chi connectivity index (χ1) is 15.7. The summed E-state index contributed by atoms with van der Waals surface area (Å²) in [4.78, 5) is 14.5.